The molecule has 1 aromatic carbocycles. The van der Waals surface area contributed by atoms with Gasteiger partial charge < -0.3 is 0 Å². The van der Waals surface area contributed by atoms with E-state index in [1.165, 1.54) is 24.4 Å². The molecule has 0 saturated carbocycles. The molecule has 1 nitrogen and oxygen atoms in total. The lowest BCUT2D eigenvalue weighted by molar-refractivity contribution is -0.137. The third-order valence-electron chi connectivity index (χ3n) is 1.48. The van der Waals surface area contributed by atoms with Crippen LogP contribution in [0.5, 0.6) is 0 Å². The van der Waals surface area contributed by atoms with E-state index in [2.05, 4.69) is 4.99 Å². The molecular formula is C9H8F3N. The smallest absolute Gasteiger partial charge is 0.261 e. The Kier molecular flexibility index (Phi) is 2.70. The van der Waals surface area contributed by atoms with Crippen molar-refractivity contribution in [1.82, 2.24) is 0 Å². The van der Waals surface area contributed by atoms with Gasteiger partial charge in [-0.1, -0.05) is 12.1 Å². The van der Waals surface area contributed by atoms with Crippen molar-refractivity contribution in [2.24, 2.45) is 4.99 Å². The van der Waals surface area contributed by atoms with Gasteiger partial charge in [-0.15, -0.1) is 0 Å². The molecule has 4 heteroatoms. The van der Waals surface area contributed by atoms with E-state index < -0.39 is 11.7 Å². The second kappa shape index (κ2) is 3.60. The summed E-state index contributed by atoms with van der Waals surface area (Å²) in [7, 11) is 0. The molecule has 0 fully saturated rings. The fourth-order valence-corrected chi connectivity index (χ4v) is 0.965. The average molecular weight is 187 g/mol. The molecule has 0 saturated heterocycles. The molecule has 0 spiro atoms. The van der Waals surface area contributed by atoms with Crippen molar-refractivity contribution in [3.63, 3.8) is 0 Å². The summed E-state index contributed by atoms with van der Waals surface area (Å²) in [6, 6.07) is 5.22. The van der Waals surface area contributed by atoms with Gasteiger partial charge in [0.1, 0.15) is 0 Å². The largest absolute Gasteiger partial charge is 0.418 e. The summed E-state index contributed by atoms with van der Waals surface area (Å²) < 4.78 is 36.9. The maximum absolute atomic E-state index is 12.3. The number of rotatable bonds is 1. The summed E-state index contributed by atoms with van der Waals surface area (Å²) in [5.41, 5.74) is -0.745. The molecule has 0 aliphatic heterocycles. The normalized spacial score (nSPS) is 12.3. The molecule has 0 aromatic heterocycles. The van der Waals surface area contributed by atoms with E-state index in [-0.39, 0.29) is 5.69 Å². The molecule has 13 heavy (non-hydrogen) atoms. The Balaban J connectivity index is 3.20. The van der Waals surface area contributed by atoms with E-state index in [1.54, 1.807) is 6.92 Å². The number of halogens is 3. The molecule has 0 radical (unpaired) electrons. The van der Waals surface area contributed by atoms with Gasteiger partial charge in [0.2, 0.25) is 0 Å². The van der Waals surface area contributed by atoms with Crippen LogP contribution in [-0.2, 0) is 6.18 Å². The number of hydrogen-bond donors (Lipinski definition) is 0. The van der Waals surface area contributed by atoms with Gasteiger partial charge in [0, 0.05) is 6.21 Å². The first kappa shape index (κ1) is 9.77. The lowest BCUT2D eigenvalue weighted by Gasteiger charge is -2.08. The van der Waals surface area contributed by atoms with Crippen LogP contribution in [0.1, 0.15) is 12.5 Å². The molecule has 0 unspecified atom stereocenters. The Hall–Kier alpha value is -1.32. The average Bonchev–Trinajstić information content (AvgIpc) is 2.04. The number of nitrogens with zero attached hydrogens (tertiary/aromatic N) is 1. The maximum Gasteiger partial charge on any atom is 0.418 e. The molecule has 0 aliphatic rings. The van der Waals surface area contributed by atoms with Crippen LogP contribution in [0.3, 0.4) is 0 Å². The molecule has 0 aliphatic carbocycles. The van der Waals surface area contributed by atoms with Gasteiger partial charge in [-0.2, -0.15) is 13.2 Å². The van der Waals surface area contributed by atoms with Crippen molar-refractivity contribution in [1.29, 1.82) is 0 Å². The predicted octanol–water partition coefficient (Wildman–Crippen LogP) is 3.43. The second-order valence-corrected chi connectivity index (χ2v) is 2.40. The van der Waals surface area contributed by atoms with Gasteiger partial charge in [0.25, 0.3) is 0 Å². The Morgan fingerprint density at radius 3 is 2.38 bits per heavy atom. The third kappa shape index (κ3) is 2.31. The van der Waals surface area contributed by atoms with Crippen LogP contribution in [0.4, 0.5) is 18.9 Å². The molecule has 0 heterocycles. The Labute approximate surface area is 73.9 Å². The minimum atomic E-state index is -4.33. The number of benzene rings is 1. The molecule has 0 N–H and O–H groups in total. The fraction of sp³-hybridized carbons (Fsp3) is 0.222. The molecule has 0 bridgehead atoms. The van der Waals surface area contributed by atoms with Crippen molar-refractivity contribution in [2.75, 3.05) is 0 Å². The van der Waals surface area contributed by atoms with Crippen molar-refractivity contribution in [3.05, 3.63) is 29.8 Å². The molecular weight excluding hydrogens is 179 g/mol. The van der Waals surface area contributed by atoms with Gasteiger partial charge in [-0.3, -0.25) is 4.99 Å². The molecule has 0 atom stereocenters. The second-order valence-electron chi connectivity index (χ2n) is 2.40. The Morgan fingerprint density at radius 1 is 1.23 bits per heavy atom. The number of hydrogen-bond acceptors (Lipinski definition) is 1. The summed E-state index contributed by atoms with van der Waals surface area (Å²) in [6.45, 7) is 1.58. The quantitative estimate of drug-likeness (QED) is 0.597. The Morgan fingerprint density at radius 2 is 1.85 bits per heavy atom. The van der Waals surface area contributed by atoms with E-state index in [0.29, 0.717) is 0 Å². The minimum Gasteiger partial charge on any atom is -0.261 e. The van der Waals surface area contributed by atoms with Crippen molar-refractivity contribution in [2.45, 2.75) is 13.1 Å². The molecule has 1 rings (SSSR count). The number of alkyl halides is 3. The van der Waals surface area contributed by atoms with Gasteiger partial charge >= 0.3 is 6.18 Å². The zero-order valence-corrected chi connectivity index (χ0v) is 6.97. The maximum atomic E-state index is 12.3. The highest BCUT2D eigenvalue weighted by Crippen LogP contribution is 2.35. The fourth-order valence-electron chi connectivity index (χ4n) is 0.965. The lowest BCUT2D eigenvalue weighted by Crippen LogP contribution is -2.04. The van der Waals surface area contributed by atoms with E-state index in [9.17, 15) is 13.2 Å². The van der Waals surface area contributed by atoms with Crippen LogP contribution in [-0.4, -0.2) is 6.21 Å². The topological polar surface area (TPSA) is 12.4 Å². The van der Waals surface area contributed by atoms with Crippen molar-refractivity contribution < 1.29 is 13.2 Å². The summed E-state index contributed by atoms with van der Waals surface area (Å²) in [6.07, 6.45) is -2.99. The number of aliphatic imine (C=N–C) groups is 1. The summed E-state index contributed by atoms with van der Waals surface area (Å²) in [4.78, 5) is 3.63. The van der Waals surface area contributed by atoms with E-state index in [0.717, 1.165) is 6.07 Å². The van der Waals surface area contributed by atoms with Crippen LogP contribution in [0.15, 0.2) is 29.3 Å². The van der Waals surface area contributed by atoms with Crippen LogP contribution in [0.25, 0.3) is 0 Å². The summed E-state index contributed by atoms with van der Waals surface area (Å²) >= 11 is 0. The Bertz CT molecular complexity index is 315. The lowest BCUT2D eigenvalue weighted by atomic mass is 10.2. The van der Waals surface area contributed by atoms with E-state index >= 15 is 0 Å². The molecule has 0 amide bonds. The highest BCUT2D eigenvalue weighted by atomic mass is 19.4. The highest BCUT2D eigenvalue weighted by Gasteiger charge is 2.32. The van der Waals surface area contributed by atoms with Gasteiger partial charge in [0.15, 0.2) is 0 Å². The molecule has 1 aromatic rings. The first-order chi connectivity index (χ1) is 6.05. The van der Waals surface area contributed by atoms with Crippen LogP contribution in [0.2, 0.25) is 0 Å². The van der Waals surface area contributed by atoms with Crippen LogP contribution >= 0.6 is 0 Å². The van der Waals surface area contributed by atoms with E-state index in [4.69, 9.17) is 0 Å². The highest BCUT2D eigenvalue weighted by molar-refractivity contribution is 5.62. The monoisotopic (exact) mass is 187 g/mol. The molecule has 70 valence electrons. The van der Waals surface area contributed by atoms with Crippen molar-refractivity contribution in [3.8, 4) is 0 Å². The number of para-hydroxylation sites is 1. The standard InChI is InChI=1S/C9H8F3N/c1-2-13-8-6-4-3-5-7(8)9(10,11)12/h2-6H,1H3. The first-order valence-corrected chi connectivity index (χ1v) is 3.70. The SMILES string of the molecule is CC=Nc1ccccc1C(F)(F)F. The van der Waals surface area contributed by atoms with Crippen LogP contribution in [0, 0.1) is 0 Å². The first-order valence-electron chi connectivity index (χ1n) is 3.70. The van der Waals surface area contributed by atoms with Gasteiger partial charge in [-0.25, -0.2) is 0 Å². The summed E-state index contributed by atoms with van der Waals surface area (Å²) in [5, 5.41) is 0. The zero-order chi connectivity index (χ0) is 9.90. The van der Waals surface area contributed by atoms with E-state index in [1.807, 2.05) is 0 Å². The third-order valence-corrected chi connectivity index (χ3v) is 1.48. The van der Waals surface area contributed by atoms with Gasteiger partial charge in [0.05, 0.1) is 11.3 Å². The van der Waals surface area contributed by atoms with Crippen molar-refractivity contribution >= 4 is 11.9 Å². The van der Waals surface area contributed by atoms with Crippen LogP contribution < -0.4 is 0 Å². The zero-order valence-electron chi connectivity index (χ0n) is 6.97. The predicted molar refractivity (Wildman–Crippen MR) is 45.3 cm³/mol. The summed E-state index contributed by atoms with van der Waals surface area (Å²) in [5.74, 6) is 0. The van der Waals surface area contributed by atoms with Gasteiger partial charge in [-0.05, 0) is 19.1 Å². The minimum absolute atomic E-state index is 0.0440.